The molecule has 0 unspecified atom stereocenters. The summed E-state index contributed by atoms with van der Waals surface area (Å²) in [5, 5.41) is 17.4. The molecule has 0 aromatic rings. The first kappa shape index (κ1) is 7.76. The van der Waals surface area contributed by atoms with E-state index in [2.05, 4.69) is 0 Å². The molecule has 1 aliphatic heterocycles. The predicted molar refractivity (Wildman–Crippen MR) is 35.3 cm³/mol. The van der Waals surface area contributed by atoms with Crippen LogP contribution in [0.25, 0.3) is 0 Å². The average Bonchev–Trinajstić information content (AvgIpc) is 1.99. The van der Waals surface area contributed by atoms with E-state index in [0.717, 1.165) is 6.08 Å². The van der Waals surface area contributed by atoms with Crippen LogP contribution in [-0.2, 0) is 9.53 Å². The summed E-state index contributed by atoms with van der Waals surface area (Å²) in [6.07, 6.45) is -0.751. The quantitative estimate of drug-likeness (QED) is 0.520. The molecule has 0 fully saturated rings. The summed E-state index contributed by atoms with van der Waals surface area (Å²) < 4.78 is 4.85. The van der Waals surface area contributed by atoms with E-state index < -0.39 is 18.0 Å². The summed E-state index contributed by atoms with van der Waals surface area (Å²) in [5.41, 5.74) is 0. The van der Waals surface area contributed by atoms with Crippen molar-refractivity contribution in [3.05, 3.63) is 11.8 Å². The molecule has 58 valence electrons. The molecular weight excluding hydrogens is 146 g/mol. The molecule has 0 aliphatic carbocycles. The van der Waals surface area contributed by atoms with Crippen LogP contribution in [0.5, 0.6) is 0 Å². The molecule has 0 amide bonds. The Morgan fingerprint density at radius 2 is 2.45 bits per heavy atom. The van der Waals surface area contributed by atoms with Crippen LogP contribution in [0.1, 0.15) is 6.92 Å². The molecule has 0 aromatic carbocycles. The van der Waals surface area contributed by atoms with Crippen molar-refractivity contribution in [2.24, 2.45) is 0 Å². The van der Waals surface area contributed by atoms with Crippen molar-refractivity contribution in [1.82, 2.24) is 0 Å². The Kier molecular flexibility index (Phi) is 1.92. The maximum absolute atomic E-state index is 10.8. The number of aliphatic hydroxyl groups excluding tert-OH is 1. The van der Waals surface area contributed by atoms with Crippen LogP contribution >= 0.6 is 0 Å². The number of nitriles is 1. The second-order valence-electron chi connectivity index (χ2n) is 2.29. The van der Waals surface area contributed by atoms with Gasteiger partial charge < -0.3 is 9.84 Å². The van der Waals surface area contributed by atoms with Crippen molar-refractivity contribution in [1.29, 1.82) is 5.26 Å². The van der Waals surface area contributed by atoms with E-state index in [9.17, 15) is 4.79 Å². The Hall–Kier alpha value is -1.34. The Morgan fingerprint density at radius 1 is 1.82 bits per heavy atom. The number of aliphatic hydroxyl groups is 1. The highest BCUT2D eigenvalue weighted by atomic mass is 16.5. The molecule has 1 heterocycles. The van der Waals surface area contributed by atoms with Gasteiger partial charge in [-0.15, -0.1) is 0 Å². The number of carbonyl (C=O) groups excluding carboxylic acids is 1. The van der Waals surface area contributed by atoms with Gasteiger partial charge in [0.25, 0.3) is 0 Å². The average molecular weight is 153 g/mol. The van der Waals surface area contributed by atoms with Gasteiger partial charge >= 0.3 is 0 Å². The van der Waals surface area contributed by atoms with Crippen molar-refractivity contribution in [3.63, 3.8) is 0 Å². The van der Waals surface area contributed by atoms with Gasteiger partial charge in [-0.05, 0) is 6.92 Å². The molecule has 4 nitrogen and oxygen atoms in total. The predicted octanol–water partition coefficient (Wildman–Crippen LogP) is -0.257. The standard InChI is InChI=1S/C7H7NO3/c1-4-7(10)6(9)2-5(3-8)11-4/h2,4,7,10H,1H3/t4-,7-/m0/s1. The van der Waals surface area contributed by atoms with Crippen LogP contribution in [0, 0.1) is 11.3 Å². The lowest BCUT2D eigenvalue weighted by molar-refractivity contribution is -0.130. The zero-order chi connectivity index (χ0) is 8.43. The van der Waals surface area contributed by atoms with E-state index in [1.165, 1.54) is 6.92 Å². The number of hydrogen-bond acceptors (Lipinski definition) is 4. The first-order valence-corrected chi connectivity index (χ1v) is 3.15. The van der Waals surface area contributed by atoms with E-state index in [1.54, 1.807) is 6.07 Å². The molecule has 0 saturated heterocycles. The van der Waals surface area contributed by atoms with Crippen molar-refractivity contribution in [2.75, 3.05) is 0 Å². The molecule has 0 spiro atoms. The summed E-state index contributed by atoms with van der Waals surface area (Å²) in [5.74, 6) is -0.506. The van der Waals surface area contributed by atoms with E-state index in [0.29, 0.717) is 0 Å². The minimum Gasteiger partial charge on any atom is -0.477 e. The second-order valence-corrected chi connectivity index (χ2v) is 2.29. The lowest BCUT2D eigenvalue weighted by atomic mass is 10.1. The number of hydrogen-bond donors (Lipinski definition) is 1. The van der Waals surface area contributed by atoms with Gasteiger partial charge in [0.15, 0.2) is 11.9 Å². The van der Waals surface area contributed by atoms with Gasteiger partial charge in [-0.2, -0.15) is 5.26 Å². The summed E-state index contributed by atoms with van der Waals surface area (Å²) in [7, 11) is 0. The van der Waals surface area contributed by atoms with E-state index in [-0.39, 0.29) is 5.76 Å². The number of carbonyl (C=O) groups is 1. The zero-order valence-electron chi connectivity index (χ0n) is 5.94. The Balaban J connectivity index is 2.87. The van der Waals surface area contributed by atoms with Gasteiger partial charge in [0.2, 0.25) is 5.76 Å². The molecule has 1 rings (SSSR count). The summed E-state index contributed by atoms with van der Waals surface area (Å²) in [6.45, 7) is 1.53. The second kappa shape index (κ2) is 2.72. The highest BCUT2D eigenvalue weighted by Crippen LogP contribution is 2.13. The third-order valence-corrected chi connectivity index (χ3v) is 1.43. The van der Waals surface area contributed by atoms with Gasteiger partial charge in [0.05, 0.1) is 0 Å². The molecule has 0 bridgehead atoms. The van der Waals surface area contributed by atoms with E-state index in [4.69, 9.17) is 15.1 Å². The fourth-order valence-electron chi connectivity index (χ4n) is 0.803. The SMILES string of the molecule is C[C@@H]1OC(C#N)=CC(=O)[C@H]1O. The summed E-state index contributed by atoms with van der Waals surface area (Å²) in [6, 6.07) is 1.69. The minimum absolute atomic E-state index is 0.0344. The first-order chi connectivity index (χ1) is 5.15. The molecule has 1 aliphatic rings. The number of ether oxygens (including phenoxy) is 1. The third kappa shape index (κ3) is 1.38. The molecule has 4 heteroatoms. The minimum atomic E-state index is -1.13. The fourth-order valence-corrected chi connectivity index (χ4v) is 0.803. The molecule has 0 saturated carbocycles. The molecule has 0 aromatic heterocycles. The molecule has 0 radical (unpaired) electrons. The molecule has 11 heavy (non-hydrogen) atoms. The van der Waals surface area contributed by atoms with Crippen molar-refractivity contribution in [3.8, 4) is 6.07 Å². The number of allylic oxidation sites excluding steroid dienone is 1. The van der Waals surface area contributed by atoms with Gasteiger partial charge in [0, 0.05) is 6.08 Å². The zero-order valence-corrected chi connectivity index (χ0v) is 5.94. The number of ketones is 1. The lowest BCUT2D eigenvalue weighted by Gasteiger charge is -2.21. The van der Waals surface area contributed by atoms with Crippen LogP contribution in [-0.4, -0.2) is 23.1 Å². The van der Waals surface area contributed by atoms with Crippen LogP contribution in [0.4, 0.5) is 0 Å². The largest absolute Gasteiger partial charge is 0.477 e. The Bertz CT molecular complexity index is 251. The highest BCUT2D eigenvalue weighted by molar-refractivity contribution is 5.95. The first-order valence-electron chi connectivity index (χ1n) is 3.15. The van der Waals surface area contributed by atoms with Gasteiger partial charge in [0.1, 0.15) is 12.2 Å². The van der Waals surface area contributed by atoms with Gasteiger partial charge in [-0.1, -0.05) is 0 Å². The molecular formula is C7H7NO3. The monoisotopic (exact) mass is 153 g/mol. The number of rotatable bonds is 0. The highest BCUT2D eigenvalue weighted by Gasteiger charge is 2.28. The maximum Gasteiger partial charge on any atom is 0.201 e. The van der Waals surface area contributed by atoms with Crippen molar-refractivity contribution >= 4 is 5.78 Å². The van der Waals surface area contributed by atoms with Crippen LogP contribution in [0.3, 0.4) is 0 Å². The van der Waals surface area contributed by atoms with Crippen molar-refractivity contribution < 1.29 is 14.6 Å². The number of nitrogens with zero attached hydrogens (tertiary/aromatic N) is 1. The molecule has 2 atom stereocenters. The van der Waals surface area contributed by atoms with E-state index >= 15 is 0 Å². The maximum atomic E-state index is 10.8. The van der Waals surface area contributed by atoms with Crippen LogP contribution in [0.2, 0.25) is 0 Å². The van der Waals surface area contributed by atoms with E-state index in [1.807, 2.05) is 0 Å². The van der Waals surface area contributed by atoms with Gasteiger partial charge in [-0.3, -0.25) is 4.79 Å². The topological polar surface area (TPSA) is 70.3 Å². The molecule has 1 N–H and O–H groups in total. The lowest BCUT2D eigenvalue weighted by Crippen LogP contribution is -2.36. The van der Waals surface area contributed by atoms with Crippen molar-refractivity contribution in [2.45, 2.75) is 19.1 Å². The summed E-state index contributed by atoms with van der Waals surface area (Å²) >= 11 is 0. The van der Waals surface area contributed by atoms with Crippen LogP contribution in [0.15, 0.2) is 11.8 Å². The summed E-state index contributed by atoms with van der Waals surface area (Å²) in [4.78, 5) is 10.8. The smallest absolute Gasteiger partial charge is 0.201 e. The Labute approximate surface area is 63.7 Å². The van der Waals surface area contributed by atoms with Gasteiger partial charge in [-0.25, -0.2) is 0 Å². The van der Waals surface area contributed by atoms with Crippen LogP contribution < -0.4 is 0 Å². The Morgan fingerprint density at radius 3 is 2.91 bits per heavy atom. The fraction of sp³-hybridized carbons (Fsp3) is 0.429. The normalized spacial score (nSPS) is 30.3. The third-order valence-electron chi connectivity index (χ3n) is 1.43.